The number of amides is 1. The quantitative estimate of drug-likeness (QED) is 0.206. The normalized spacial score (nSPS) is 17.0. The first-order valence-electron chi connectivity index (χ1n) is 15.2. The van der Waals surface area contributed by atoms with Gasteiger partial charge in [-0.15, -0.1) is 0 Å². The minimum Gasteiger partial charge on any atom is -0.493 e. The van der Waals surface area contributed by atoms with E-state index in [1.807, 2.05) is 17.6 Å². The van der Waals surface area contributed by atoms with Gasteiger partial charge >= 0.3 is 18.1 Å². The van der Waals surface area contributed by atoms with Gasteiger partial charge in [-0.3, -0.25) is 19.1 Å². The number of sulfone groups is 1. The Bertz CT molecular complexity index is 2010. The number of aromatic nitrogens is 2. The van der Waals surface area contributed by atoms with E-state index in [4.69, 9.17) is 19.2 Å². The molecule has 4 aromatic rings. The fraction of sp³-hybridized carbons (Fsp3) is 0.364. The summed E-state index contributed by atoms with van der Waals surface area (Å²) in [4.78, 5) is 29.7. The van der Waals surface area contributed by atoms with Gasteiger partial charge in [-0.1, -0.05) is 31.2 Å². The molecule has 1 aromatic heterocycles. The molecule has 11 nitrogen and oxygen atoms in total. The first kappa shape index (κ1) is 33.1. The minimum absolute atomic E-state index is 0.0239. The third-order valence-corrected chi connectivity index (χ3v) is 9.34. The molecule has 2 atom stereocenters. The Hall–Kier alpha value is -4.79. The summed E-state index contributed by atoms with van der Waals surface area (Å²) in [5, 5.41) is 9.23. The Morgan fingerprint density at radius 1 is 1.08 bits per heavy atom. The van der Waals surface area contributed by atoms with E-state index in [0.717, 1.165) is 6.26 Å². The van der Waals surface area contributed by atoms with Gasteiger partial charge in [0.2, 0.25) is 0 Å². The highest BCUT2D eigenvalue weighted by Crippen LogP contribution is 2.46. The van der Waals surface area contributed by atoms with Crippen LogP contribution in [0.25, 0.3) is 16.7 Å². The summed E-state index contributed by atoms with van der Waals surface area (Å²) in [6, 6.07) is 13.4. The summed E-state index contributed by atoms with van der Waals surface area (Å²) in [5.74, 6) is -2.03. The molecule has 0 aliphatic carbocycles. The van der Waals surface area contributed by atoms with E-state index in [9.17, 15) is 36.3 Å². The van der Waals surface area contributed by atoms with Crippen LogP contribution in [0.5, 0.6) is 17.2 Å². The topological polar surface area (TPSA) is 137 Å². The molecule has 3 aromatic carbocycles. The van der Waals surface area contributed by atoms with Gasteiger partial charge in [0, 0.05) is 41.5 Å². The van der Waals surface area contributed by atoms with Gasteiger partial charge in [0.15, 0.2) is 0 Å². The standard InChI is InChI=1S/C33H32F3N3O8S/c1-3-28-37-30-23(8-5-10-26(30)45-13-6-14-48(2,43)44)39(28)24-9-4-7-22-25(18-47-31(22)24)38(32(42)33(34,35)36)20-11-12-21-19(15-29(40)41)17-46-27(21)16-20/h4-5,7-12,16,19,25H,3,6,13-15,17-18H2,1-2H3,(H,40,41)/t19-,25-/m1/s1. The van der Waals surface area contributed by atoms with Gasteiger partial charge in [-0.05, 0) is 30.7 Å². The van der Waals surface area contributed by atoms with E-state index in [1.165, 1.54) is 18.2 Å². The molecule has 15 heteroatoms. The van der Waals surface area contributed by atoms with Crippen molar-refractivity contribution in [2.24, 2.45) is 0 Å². The van der Waals surface area contributed by atoms with Crippen molar-refractivity contribution < 1.29 is 50.5 Å². The Kier molecular flexibility index (Phi) is 8.75. The smallest absolute Gasteiger partial charge is 0.471 e. The fourth-order valence-electron chi connectivity index (χ4n) is 6.22. The van der Waals surface area contributed by atoms with E-state index >= 15 is 0 Å². The van der Waals surface area contributed by atoms with Gasteiger partial charge in [0.25, 0.3) is 0 Å². The van der Waals surface area contributed by atoms with Crippen molar-refractivity contribution in [2.75, 3.05) is 36.7 Å². The third kappa shape index (κ3) is 6.38. The molecule has 1 N–H and O–H groups in total. The van der Waals surface area contributed by atoms with E-state index in [2.05, 4.69) is 0 Å². The zero-order valence-electron chi connectivity index (χ0n) is 26.0. The number of carbonyl (C=O) groups excluding carboxylic acids is 1. The van der Waals surface area contributed by atoms with Crippen molar-refractivity contribution >= 4 is 38.4 Å². The van der Waals surface area contributed by atoms with Crippen LogP contribution in [0.4, 0.5) is 18.9 Å². The number of rotatable bonds is 11. The Labute approximate surface area is 273 Å². The second-order valence-electron chi connectivity index (χ2n) is 11.7. The van der Waals surface area contributed by atoms with Gasteiger partial charge in [0.1, 0.15) is 45.0 Å². The molecule has 0 spiro atoms. The number of anilines is 1. The summed E-state index contributed by atoms with van der Waals surface area (Å²) in [5.41, 5.74) is 2.50. The number of nitrogens with zero attached hydrogens (tertiary/aromatic N) is 3. The molecule has 2 aliphatic heterocycles. The number of hydrogen-bond donors (Lipinski definition) is 1. The van der Waals surface area contributed by atoms with Crippen molar-refractivity contribution in [3.05, 3.63) is 71.5 Å². The molecule has 0 fully saturated rings. The summed E-state index contributed by atoms with van der Waals surface area (Å²) < 4.78 is 84.8. The predicted octanol–water partition coefficient (Wildman–Crippen LogP) is 5.38. The van der Waals surface area contributed by atoms with E-state index in [0.29, 0.717) is 57.2 Å². The molecule has 0 saturated heterocycles. The summed E-state index contributed by atoms with van der Waals surface area (Å²) >= 11 is 0. The Morgan fingerprint density at radius 3 is 2.56 bits per heavy atom. The van der Waals surface area contributed by atoms with Crippen molar-refractivity contribution in [3.8, 4) is 22.9 Å². The number of hydrogen-bond acceptors (Lipinski definition) is 8. The Balaban J connectivity index is 1.38. The van der Waals surface area contributed by atoms with Crippen molar-refractivity contribution in [3.63, 3.8) is 0 Å². The number of benzene rings is 3. The second-order valence-corrected chi connectivity index (χ2v) is 14.0. The van der Waals surface area contributed by atoms with Crippen LogP contribution in [-0.4, -0.2) is 73.0 Å². The number of carboxylic acids is 1. The van der Waals surface area contributed by atoms with E-state index in [1.54, 1.807) is 30.3 Å². The lowest BCUT2D eigenvalue weighted by Crippen LogP contribution is -2.44. The lowest BCUT2D eigenvalue weighted by atomic mass is 9.97. The van der Waals surface area contributed by atoms with Crippen LogP contribution in [-0.2, 0) is 25.8 Å². The van der Waals surface area contributed by atoms with Crippen molar-refractivity contribution in [1.29, 1.82) is 0 Å². The number of ether oxygens (including phenoxy) is 3. The van der Waals surface area contributed by atoms with Crippen LogP contribution in [0.2, 0.25) is 0 Å². The molecular weight excluding hydrogens is 655 g/mol. The first-order chi connectivity index (χ1) is 22.8. The van der Waals surface area contributed by atoms with Crippen molar-refractivity contribution in [1.82, 2.24) is 9.55 Å². The van der Waals surface area contributed by atoms with Crippen LogP contribution >= 0.6 is 0 Å². The molecular formula is C33H32F3N3O8S. The second kappa shape index (κ2) is 12.7. The van der Waals surface area contributed by atoms with Crippen LogP contribution in [0.1, 0.15) is 48.7 Å². The number of para-hydroxylation sites is 2. The zero-order valence-corrected chi connectivity index (χ0v) is 26.8. The van der Waals surface area contributed by atoms with Gasteiger partial charge in [-0.25, -0.2) is 13.4 Å². The predicted molar refractivity (Wildman–Crippen MR) is 169 cm³/mol. The highest BCUT2D eigenvalue weighted by Gasteiger charge is 2.48. The molecule has 0 radical (unpaired) electrons. The van der Waals surface area contributed by atoms with Crippen LogP contribution in [0.15, 0.2) is 54.6 Å². The average Bonchev–Trinajstić information content (AvgIpc) is 3.74. The number of alkyl halides is 3. The summed E-state index contributed by atoms with van der Waals surface area (Å²) in [7, 11) is -3.15. The maximum Gasteiger partial charge on any atom is 0.471 e. The van der Waals surface area contributed by atoms with Gasteiger partial charge in [-0.2, -0.15) is 13.2 Å². The number of halogens is 3. The average molecular weight is 688 g/mol. The van der Waals surface area contributed by atoms with Gasteiger partial charge in [0.05, 0.1) is 42.6 Å². The fourth-order valence-corrected chi connectivity index (χ4v) is 6.86. The maximum absolute atomic E-state index is 14.1. The van der Waals surface area contributed by atoms with Crippen LogP contribution < -0.4 is 19.1 Å². The molecule has 0 unspecified atom stereocenters. The number of imidazole rings is 1. The molecule has 0 bridgehead atoms. The molecule has 6 rings (SSSR count). The highest BCUT2D eigenvalue weighted by molar-refractivity contribution is 7.90. The largest absolute Gasteiger partial charge is 0.493 e. The summed E-state index contributed by atoms with van der Waals surface area (Å²) in [6.45, 7) is 1.85. The molecule has 1 amide bonds. The first-order valence-corrected chi connectivity index (χ1v) is 17.3. The third-order valence-electron chi connectivity index (χ3n) is 8.31. The summed E-state index contributed by atoms with van der Waals surface area (Å²) in [6.07, 6.45) is -3.48. The van der Waals surface area contributed by atoms with E-state index < -0.39 is 39.8 Å². The molecule has 2 aliphatic rings. The van der Waals surface area contributed by atoms with Crippen LogP contribution in [0.3, 0.4) is 0 Å². The van der Waals surface area contributed by atoms with E-state index in [-0.39, 0.29) is 49.2 Å². The number of aryl methyl sites for hydroxylation is 1. The lowest BCUT2D eigenvalue weighted by molar-refractivity contribution is -0.171. The lowest BCUT2D eigenvalue weighted by Gasteiger charge is -2.29. The number of carboxylic acid groups (broad SMARTS) is 1. The molecule has 254 valence electrons. The maximum atomic E-state index is 14.1. The monoisotopic (exact) mass is 687 g/mol. The number of fused-ring (bicyclic) bond motifs is 3. The molecule has 0 saturated carbocycles. The SMILES string of the molecule is CCc1nc2c(OCCCS(C)(=O)=O)cccc2n1-c1cccc2c1OC[C@H]2N(C(=O)C(F)(F)F)c1ccc2c(c1)OC[C@H]2CC(=O)O. The minimum atomic E-state index is -5.21. The van der Waals surface area contributed by atoms with Crippen molar-refractivity contribution in [2.45, 2.75) is 44.3 Å². The number of carbonyl (C=O) groups is 2. The van der Waals surface area contributed by atoms with Gasteiger partial charge < -0.3 is 19.3 Å². The molecule has 3 heterocycles. The number of aliphatic carboxylic acids is 1. The highest BCUT2D eigenvalue weighted by atomic mass is 32.2. The van der Waals surface area contributed by atoms with Crippen LogP contribution in [0, 0.1) is 0 Å². The molecule has 48 heavy (non-hydrogen) atoms. The zero-order chi connectivity index (χ0) is 34.4. The Morgan fingerprint density at radius 2 is 1.85 bits per heavy atom.